The highest BCUT2D eigenvalue weighted by Gasteiger charge is 2.34. The number of hydrogen-bond donors (Lipinski definition) is 1. The molecular formula is C37H32NP. The Bertz CT molecular complexity index is 1700. The summed E-state index contributed by atoms with van der Waals surface area (Å²) >= 11 is 0. The molecule has 0 bridgehead atoms. The lowest BCUT2D eigenvalue weighted by atomic mass is 9.86. The van der Waals surface area contributed by atoms with Crippen LogP contribution in [-0.4, -0.2) is 0 Å². The van der Waals surface area contributed by atoms with E-state index in [2.05, 4.69) is 133 Å². The summed E-state index contributed by atoms with van der Waals surface area (Å²) in [6, 6.07) is 40.1. The third-order valence-electron chi connectivity index (χ3n) is 8.34. The van der Waals surface area contributed by atoms with Gasteiger partial charge in [0.25, 0.3) is 0 Å². The Morgan fingerprint density at radius 2 is 1.23 bits per heavy atom. The summed E-state index contributed by atoms with van der Waals surface area (Å²) in [5, 5.41) is 2.66. The summed E-state index contributed by atoms with van der Waals surface area (Å²) in [6.07, 6.45) is 12.1. The molecule has 0 saturated carbocycles. The molecule has 0 spiro atoms. The molecule has 2 aliphatic rings. The molecule has 2 N–H and O–H groups in total. The molecule has 0 fully saturated rings. The molecule has 1 unspecified atom stereocenters. The minimum Gasteiger partial charge on any atom is -0.323 e. The first-order valence-electron chi connectivity index (χ1n) is 13.9. The summed E-state index contributed by atoms with van der Waals surface area (Å²) in [6.45, 7) is 0. The van der Waals surface area contributed by atoms with Crippen LogP contribution in [0.5, 0.6) is 0 Å². The van der Waals surface area contributed by atoms with Gasteiger partial charge >= 0.3 is 0 Å². The maximum atomic E-state index is 7.21. The molecular weight excluding hydrogens is 489 g/mol. The Labute approximate surface area is 232 Å². The van der Waals surface area contributed by atoms with Crippen molar-refractivity contribution < 1.29 is 0 Å². The fraction of sp³-hybridized carbons (Fsp3) is 0.135. The highest BCUT2D eigenvalue weighted by atomic mass is 31.1. The predicted molar refractivity (Wildman–Crippen MR) is 168 cm³/mol. The lowest BCUT2D eigenvalue weighted by Gasteiger charge is -2.33. The van der Waals surface area contributed by atoms with Crippen molar-refractivity contribution in [2.45, 2.75) is 30.4 Å². The topological polar surface area (TPSA) is 26.0 Å². The molecule has 7 rings (SSSR count). The standard InChI is InChI=1S/C37H32NP/c38-36(28-14-5-1-6-15-28)37(29-16-7-2-8-17-29)39-24-30-22-20-26-12-4-3-9-18-32(26)34(30)35-31(25-39)23-21-27-13-10-11-19-33(27)35/h1-11,13-23,36-37H,12,24-25,38H2/t36-,37-,39?/m0/s1. The van der Waals surface area contributed by atoms with E-state index < -0.39 is 7.92 Å². The molecule has 0 saturated heterocycles. The van der Waals surface area contributed by atoms with Crippen LogP contribution >= 0.6 is 7.92 Å². The number of fused-ring (bicyclic) bond motifs is 7. The Hall–Kier alpha value is -3.77. The molecule has 190 valence electrons. The van der Waals surface area contributed by atoms with Gasteiger partial charge in [-0.05, 0) is 74.0 Å². The van der Waals surface area contributed by atoms with Crippen LogP contribution in [-0.2, 0) is 18.7 Å². The average Bonchev–Trinajstić information content (AvgIpc) is 3.33. The van der Waals surface area contributed by atoms with Crippen molar-refractivity contribution in [1.29, 1.82) is 0 Å². The van der Waals surface area contributed by atoms with Crippen LogP contribution in [0.15, 0.2) is 127 Å². The van der Waals surface area contributed by atoms with Crippen molar-refractivity contribution >= 4 is 24.8 Å². The quantitative estimate of drug-likeness (QED) is 0.234. The largest absolute Gasteiger partial charge is 0.323 e. The molecule has 1 heterocycles. The average molecular weight is 522 g/mol. The van der Waals surface area contributed by atoms with Crippen molar-refractivity contribution in [3.63, 3.8) is 0 Å². The van der Waals surface area contributed by atoms with Gasteiger partial charge in [0.1, 0.15) is 0 Å². The fourth-order valence-electron chi connectivity index (χ4n) is 6.52. The van der Waals surface area contributed by atoms with Gasteiger partial charge in [0.05, 0.1) is 0 Å². The minimum atomic E-state index is -0.514. The third kappa shape index (κ3) is 4.47. The molecule has 0 radical (unpaired) electrons. The summed E-state index contributed by atoms with van der Waals surface area (Å²) < 4.78 is 0. The van der Waals surface area contributed by atoms with Gasteiger partial charge in [-0.2, -0.15) is 0 Å². The molecule has 1 aliphatic heterocycles. The normalized spacial score (nSPS) is 17.4. The molecule has 5 aromatic carbocycles. The van der Waals surface area contributed by atoms with E-state index in [1.807, 2.05) is 0 Å². The van der Waals surface area contributed by atoms with Crippen molar-refractivity contribution in [1.82, 2.24) is 0 Å². The first-order chi connectivity index (χ1) is 19.3. The number of hydrogen-bond acceptors (Lipinski definition) is 1. The second-order valence-corrected chi connectivity index (χ2v) is 13.0. The Balaban J connectivity index is 1.46. The van der Waals surface area contributed by atoms with Gasteiger partial charge in [-0.1, -0.05) is 141 Å². The SMILES string of the molecule is N[C@@H](c1ccccc1)[C@H](c1ccccc1)P1Cc2ccc3c(c2-c2c(ccc4ccccc24)C1)C=CC=CC3. The molecule has 0 amide bonds. The van der Waals surface area contributed by atoms with E-state index in [0.717, 1.165) is 18.7 Å². The summed E-state index contributed by atoms with van der Waals surface area (Å²) in [5.41, 5.74) is 18.6. The zero-order valence-electron chi connectivity index (χ0n) is 22.0. The van der Waals surface area contributed by atoms with Crippen LogP contribution in [0, 0.1) is 0 Å². The van der Waals surface area contributed by atoms with E-state index >= 15 is 0 Å². The molecule has 1 aliphatic carbocycles. The second kappa shape index (κ2) is 10.4. The maximum Gasteiger partial charge on any atom is 0.0404 e. The van der Waals surface area contributed by atoms with E-state index in [1.165, 1.54) is 55.3 Å². The van der Waals surface area contributed by atoms with E-state index in [0.29, 0.717) is 0 Å². The number of benzene rings is 5. The van der Waals surface area contributed by atoms with Crippen LogP contribution in [0.2, 0.25) is 0 Å². The highest BCUT2D eigenvalue weighted by molar-refractivity contribution is 7.56. The fourth-order valence-corrected chi connectivity index (χ4v) is 9.64. The Kier molecular flexibility index (Phi) is 6.49. The maximum absolute atomic E-state index is 7.21. The van der Waals surface area contributed by atoms with Gasteiger partial charge in [-0.3, -0.25) is 0 Å². The van der Waals surface area contributed by atoms with Gasteiger partial charge in [0.2, 0.25) is 0 Å². The van der Waals surface area contributed by atoms with Gasteiger partial charge in [0, 0.05) is 11.7 Å². The van der Waals surface area contributed by atoms with Gasteiger partial charge < -0.3 is 5.73 Å². The van der Waals surface area contributed by atoms with Crippen LogP contribution in [0.3, 0.4) is 0 Å². The molecule has 3 atom stereocenters. The summed E-state index contributed by atoms with van der Waals surface area (Å²) in [4.78, 5) is 0. The monoisotopic (exact) mass is 521 g/mol. The van der Waals surface area contributed by atoms with Crippen molar-refractivity contribution in [2.75, 3.05) is 0 Å². The minimum absolute atomic E-state index is 0.0601. The van der Waals surface area contributed by atoms with Crippen molar-refractivity contribution in [3.05, 3.63) is 161 Å². The number of nitrogens with two attached hydrogens (primary N) is 1. The van der Waals surface area contributed by atoms with Crippen LogP contribution in [0.4, 0.5) is 0 Å². The van der Waals surface area contributed by atoms with Crippen LogP contribution in [0.1, 0.15) is 45.1 Å². The number of allylic oxidation sites excluding steroid dienone is 3. The first kappa shape index (κ1) is 24.3. The lowest BCUT2D eigenvalue weighted by molar-refractivity contribution is 0.693. The third-order valence-corrected chi connectivity index (χ3v) is 11.2. The smallest absolute Gasteiger partial charge is 0.0404 e. The molecule has 1 nitrogen and oxygen atoms in total. The molecule has 39 heavy (non-hydrogen) atoms. The number of rotatable bonds is 4. The zero-order valence-corrected chi connectivity index (χ0v) is 22.9. The lowest BCUT2D eigenvalue weighted by Crippen LogP contribution is -2.20. The Morgan fingerprint density at radius 3 is 2.03 bits per heavy atom. The van der Waals surface area contributed by atoms with Gasteiger partial charge in [0.15, 0.2) is 0 Å². The van der Waals surface area contributed by atoms with Gasteiger partial charge in [-0.15, -0.1) is 0 Å². The van der Waals surface area contributed by atoms with Crippen LogP contribution < -0.4 is 5.73 Å². The van der Waals surface area contributed by atoms with E-state index in [4.69, 9.17) is 5.73 Å². The molecule has 5 aromatic rings. The highest BCUT2D eigenvalue weighted by Crippen LogP contribution is 2.63. The molecule has 0 aromatic heterocycles. The second-order valence-electron chi connectivity index (χ2n) is 10.7. The summed E-state index contributed by atoms with van der Waals surface area (Å²) in [5.74, 6) is 0. The van der Waals surface area contributed by atoms with Crippen molar-refractivity contribution in [2.24, 2.45) is 5.73 Å². The summed E-state index contributed by atoms with van der Waals surface area (Å²) in [7, 11) is -0.514. The zero-order chi connectivity index (χ0) is 26.2. The first-order valence-corrected chi connectivity index (χ1v) is 15.6. The van der Waals surface area contributed by atoms with E-state index in [9.17, 15) is 0 Å². The van der Waals surface area contributed by atoms with E-state index in [-0.39, 0.29) is 11.7 Å². The Morgan fingerprint density at radius 1 is 0.590 bits per heavy atom. The predicted octanol–water partition coefficient (Wildman–Crippen LogP) is 9.57. The van der Waals surface area contributed by atoms with Crippen LogP contribution in [0.25, 0.3) is 28.0 Å². The molecule has 2 heteroatoms. The van der Waals surface area contributed by atoms with Crippen molar-refractivity contribution in [3.8, 4) is 11.1 Å². The van der Waals surface area contributed by atoms with Gasteiger partial charge in [-0.25, -0.2) is 0 Å². The van der Waals surface area contributed by atoms with E-state index in [1.54, 1.807) is 0 Å².